The second kappa shape index (κ2) is 6.81. The van der Waals surface area contributed by atoms with E-state index in [0.29, 0.717) is 23.1 Å². The van der Waals surface area contributed by atoms with Crippen molar-refractivity contribution in [3.8, 4) is 5.75 Å². The predicted octanol–water partition coefficient (Wildman–Crippen LogP) is 4.57. The fraction of sp³-hybridized carbons (Fsp3) is 0.278. The highest BCUT2D eigenvalue weighted by Crippen LogP contribution is 2.48. The number of hydrogen-bond acceptors (Lipinski definition) is 2. The van der Waals surface area contributed by atoms with Crippen molar-refractivity contribution in [2.75, 3.05) is 6.61 Å². The van der Waals surface area contributed by atoms with Crippen LogP contribution in [0.15, 0.2) is 48.5 Å². The first-order chi connectivity index (χ1) is 11.1. The van der Waals surface area contributed by atoms with Gasteiger partial charge in [-0.25, -0.2) is 0 Å². The summed E-state index contributed by atoms with van der Waals surface area (Å²) in [6.07, 6.45) is 2.08. The lowest BCUT2D eigenvalue weighted by Gasteiger charge is -2.19. The van der Waals surface area contributed by atoms with Gasteiger partial charge in [0, 0.05) is 10.0 Å². The number of halogens is 2. The maximum absolute atomic E-state index is 12.2. The van der Waals surface area contributed by atoms with Crippen LogP contribution in [0.5, 0.6) is 5.75 Å². The molecule has 1 aliphatic rings. The number of ether oxygens (including phenoxy) is 1. The van der Waals surface area contributed by atoms with Crippen LogP contribution >= 0.6 is 23.2 Å². The topological polar surface area (TPSA) is 38.3 Å². The zero-order valence-electron chi connectivity index (χ0n) is 12.5. The summed E-state index contributed by atoms with van der Waals surface area (Å²) in [5, 5.41) is 4.27. The van der Waals surface area contributed by atoms with E-state index in [-0.39, 0.29) is 11.4 Å². The molecule has 5 heteroatoms. The number of carbonyl (C=O) groups excluding carboxylic acids is 1. The monoisotopic (exact) mass is 349 g/mol. The Kier molecular flexibility index (Phi) is 4.79. The zero-order chi connectivity index (χ0) is 16.3. The lowest BCUT2D eigenvalue weighted by atomic mass is 10.0. The van der Waals surface area contributed by atoms with E-state index < -0.39 is 0 Å². The summed E-state index contributed by atoms with van der Waals surface area (Å²) in [5.41, 5.74) is 0.590. The summed E-state index contributed by atoms with van der Waals surface area (Å²) in [4.78, 5) is 12.2. The van der Waals surface area contributed by atoms with Crippen molar-refractivity contribution in [1.82, 2.24) is 5.32 Å². The summed E-state index contributed by atoms with van der Waals surface area (Å²) in [6.45, 7) is 0.347. The van der Waals surface area contributed by atoms with Crippen LogP contribution in [0.4, 0.5) is 0 Å². The van der Waals surface area contributed by atoms with Crippen molar-refractivity contribution in [3.63, 3.8) is 0 Å². The molecule has 2 aromatic carbocycles. The molecule has 1 saturated carbocycles. The molecule has 0 aromatic heterocycles. The van der Waals surface area contributed by atoms with Crippen molar-refractivity contribution in [3.05, 3.63) is 64.1 Å². The van der Waals surface area contributed by atoms with Crippen LogP contribution in [0.1, 0.15) is 24.8 Å². The standard InChI is InChI=1S/C18H17Cl2NO2/c19-13-6-7-15(16(20)12-13)18(9-10-18)21-17(22)8-11-23-14-4-2-1-3-5-14/h1-7,12H,8-11H2,(H,21,22). The molecule has 0 aliphatic heterocycles. The summed E-state index contributed by atoms with van der Waals surface area (Å²) in [5.74, 6) is 0.728. The Balaban J connectivity index is 1.55. The average molecular weight is 350 g/mol. The highest BCUT2D eigenvalue weighted by molar-refractivity contribution is 6.35. The first-order valence-corrected chi connectivity index (χ1v) is 8.29. The first-order valence-electron chi connectivity index (χ1n) is 7.53. The van der Waals surface area contributed by atoms with E-state index in [9.17, 15) is 4.79 Å². The van der Waals surface area contributed by atoms with Gasteiger partial charge >= 0.3 is 0 Å². The van der Waals surface area contributed by atoms with Crippen LogP contribution in [-0.4, -0.2) is 12.5 Å². The number of para-hydroxylation sites is 1. The minimum Gasteiger partial charge on any atom is -0.493 e. The Morgan fingerprint density at radius 1 is 1.13 bits per heavy atom. The number of amides is 1. The van der Waals surface area contributed by atoms with E-state index in [1.165, 1.54) is 0 Å². The molecule has 0 radical (unpaired) electrons. The Bertz CT molecular complexity index is 699. The third-order valence-corrected chi connectivity index (χ3v) is 4.46. The number of carbonyl (C=O) groups is 1. The molecule has 1 amide bonds. The van der Waals surface area contributed by atoms with Crippen LogP contribution in [0.3, 0.4) is 0 Å². The molecule has 1 fully saturated rings. The van der Waals surface area contributed by atoms with Gasteiger partial charge in [0.15, 0.2) is 0 Å². The number of benzene rings is 2. The third kappa shape index (κ3) is 3.98. The highest BCUT2D eigenvalue weighted by Gasteiger charge is 2.46. The first kappa shape index (κ1) is 16.2. The summed E-state index contributed by atoms with van der Waals surface area (Å²) in [7, 11) is 0. The fourth-order valence-electron chi connectivity index (χ4n) is 2.57. The van der Waals surface area contributed by atoms with Gasteiger partial charge in [0.1, 0.15) is 5.75 Å². The van der Waals surface area contributed by atoms with Gasteiger partial charge in [0.2, 0.25) is 5.91 Å². The zero-order valence-corrected chi connectivity index (χ0v) is 14.0. The van der Waals surface area contributed by atoms with E-state index in [1.54, 1.807) is 12.1 Å². The molecule has 3 rings (SSSR count). The summed E-state index contributed by atoms with van der Waals surface area (Å²) < 4.78 is 5.55. The Morgan fingerprint density at radius 2 is 1.87 bits per heavy atom. The molecule has 3 nitrogen and oxygen atoms in total. The maximum Gasteiger partial charge on any atom is 0.224 e. The second-order valence-electron chi connectivity index (χ2n) is 5.67. The number of rotatable bonds is 6. The minimum atomic E-state index is -0.342. The molecule has 0 bridgehead atoms. The van der Waals surface area contributed by atoms with Crippen molar-refractivity contribution in [2.45, 2.75) is 24.8 Å². The summed E-state index contributed by atoms with van der Waals surface area (Å²) in [6, 6.07) is 14.9. The quantitative estimate of drug-likeness (QED) is 0.829. The van der Waals surface area contributed by atoms with Gasteiger partial charge in [-0.05, 0) is 42.7 Å². The molecular formula is C18H17Cl2NO2. The number of hydrogen-bond donors (Lipinski definition) is 1. The average Bonchev–Trinajstić information content (AvgIpc) is 3.28. The molecular weight excluding hydrogens is 333 g/mol. The highest BCUT2D eigenvalue weighted by atomic mass is 35.5. The van der Waals surface area contributed by atoms with Gasteiger partial charge in [-0.2, -0.15) is 0 Å². The normalized spacial score (nSPS) is 15.0. The minimum absolute atomic E-state index is 0.0375. The Morgan fingerprint density at radius 3 is 2.52 bits per heavy atom. The van der Waals surface area contributed by atoms with Crippen LogP contribution in [0.25, 0.3) is 0 Å². The smallest absolute Gasteiger partial charge is 0.224 e. The molecule has 0 heterocycles. The van der Waals surface area contributed by atoms with Gasteiger partial charge in [0.25, 0.3) is 0 Å². The molecule has 1 aliphatic carbocycles. The Hall–Kier alpha value is -1.71. The molecule has 23 heavy (non-hydrogen) atoms. The van der Waals surface area contributed by atoms with Gasteiger partial charge in [-0.15, -0.1) is 0 Å². The van der Waals surface area contributed by atoms with Gasteiger partial charge in [-0.1, -0.05) is 47.5 Å². The van der Waals surface area contributed by atoms with Crippen molar-refractivity contribution >= 4 is 29.1 Å². The molecule has 1 N–H and O–H groups in total. The molecule has 2 aromatic rings. The van der Waals surface area contributed by atoms with Gasteiger partial charge in [-0.3, -0.25) is 4.79 Å². The van der Waals surface area contributed by atoms with Crippen molar-refractivity contribution < 1.29 is 9.53 Å². The summed E-state index contributed by atoms with van der Waals surface area (Å²) >= 11 is 12.2. The van der Waals surface area contributed by atoms with E-state index in [4.69, 9.17) is 27.9 Å². The van der Waals surface area contributed by atoms with Gasteiger partial charge in [0.05, 0.1) is 18.6 Å². The fourth-order valence-corrected chi connectivity index (χ4v) is 3.16. The SMILES string of the molecule is O=C(CCOc1ccccc1)NC1(c2ccc(Cl)cc2Cl)CC1. The van der Waals surface area contributed by atoms with Crippen LogP contribution in [-0.2, 0) is 10.3 Å². The lowest BCUT2D eigenvalue weighted by Crippen LogP contribution is -2.35. The predicted molar refractivity (Wildman–Crippen MR) is 92.1 cm³/mol. The lowest BCUT2D eigenvalue weighted by molar-refractivity contribution is -0.122. The van der Waals surface area contributed by atoms with Crippen molar-refractivity contribution in [1.29, 1.82) is 0 Å². The third-order valence-electron chi connectivity index (χ3n) is 3.92. The molecule has 120 valence electrons. The maximum atomic E-state index is 12.2. The molecule has 0 saturated heterocycles. The van der Waals surface area contributed by atoms with Crippen LogP contribution < -0.4 is 10.1 Å². The largest absolute Gasteiger partial charge is 0.493 e. The Labute approximate surface area is 145 Å². The molecule has 0 atom stereocenters. The van der Waals surface area contributed by atoms with Crippen LogP contribution in [0.2, 0.25) is 10.0 Å². The number of nitrogens with one attached hydrogen (secondary N) is 1. The van der Waals surface area contributed by atoms with E-state index in [2.05, 4.69) is 5.32 Å². The van der Waals surface area contributed by atoms with Crippen molar-refractivity contribution in [2.24, 2.45) is 0 Å². The van der Waals surface area contributed by atoms with Crippen LogP contribution in [0, 0.1) is 0 Å². The van der Waals surface area contributed by atoms with E-state index in [0.717, 1.165) is 24.2 Å². The second-order valence-corrected chi connectivity index (χ2v) is 6.51. The van der Waals surface area contributed by atoms with Gasteiger partial charge < -0.3 is 10.1 Å². The molecule has 0 unspecified atom stereocenters. The van der Waals surface area contributed by atoms with E-state index >= 15 is 0 Å². The van der Waals surface area contributed by atoms with E-state index in [1.807, 2.05) is 36.4 Å². The molecule has 0 spiro atoms.